The second-order valence-corrected chi connectivity index (χ2v) is 16.6. The van der Waals surface area contributed by atoms with Crippen molar-refractivity contribution in [2.75, 3.05) is 4.90 Å². The molecular weight excluding hydrogens is 729 g/mol. The highest BCUT2D eigenvalue weighted by molar-refractivity contribution is 5.96. The van der Waals surface area contributed by atoms with Crippen LogP contribution in [0, 0.1) is 11.3 Å². The normalized spacial score (nSPS) is 14.4. The molecule has 0 saturated carbocycles. The van der Waals surface area contributed by atoms with Crippen molar-refractivity contribution in [3.05, 3.63) is 205 Å². The van der Waals surface area contributed by atoms with Crippen molar-refractivity contribution in [3.8, 4) is 33.4 Å². The molecule has 0 amide bonds. The summed E-state index contributed by atoms with van der Waals surface area (Å²) in [5.74, 6) is 0.223. The average Bonchev–Trinajstić information content (AvgIpc) is 3.27. The van der Waals surface area contributed by atoms with Gasteiger partial charge in [0.05, 0.1) is 11.6 Å². The Labute approximate surface area is 357 Å². The van der Waals surface area contributed by atoms with Crippen LogP contribution >= 0.6 is 0 Å². The van der Waals surface area contributed by atoms with E-state index in [1.807, 2.05) is 38.3 Å². The first-order valence-electron chi connectivity index (χ1n) is 21.4. The van der Waals surface area contributed by atoms with Crippen LogP contribution in [0.3, 0.4) is 0 Å². The fourth-order valence-corrected chi connectivity index (χ4v) is 8.26. The fourth-order valence-electron chi connectivity index (χ4n) is 8.26. The van der Waals surface area contributed by atoms with E-state index in [1.54, 1.807) is 6.26 Å². The molecule has 1 aromatic heterocycles. The molecule has 1 heterocycles. The number of aromatic nitrogens is 1. The Hall–Kier alpha value is -6.58. The first-order valence-corrected chi connectivity index (χ1v) is 21.4. The van der Waals surface area contributed by atoms with Crippen LogP contribution in [0.25, 0.3) is 56.3 Å². The minimum absolute atomic E-state index is 0.0377. The highest BCUT2D eigenvalue weighted by Crippen LogP contribution is 2.41. The van der Waals surface area contributed by atoms with E-state index in [0.717, 1.165) is 35.0 Å². The Morgan fingerprint density at radius 3 is 2.03 bits per heavy atom. The summed E-state index contributed by atoms with van der Waals surface area (Å²) in [6.07, 6.45) is 16.6. The summed E-state index contributed by atoms with van der Waals surface area (Å²) in [4.78, 5) is 5.76. The number of nitrogens with zero attached hydrogens (tertiary/aromatic N) is 1. The Balaban J connectivity index is 0.00000268. The number of aromatic amines is 1. The molecule has 2 atom stereocenters. The molecule has 60 heavy (non-hydrogen) atoms. The van der Waals surface area contributed by atoms with Crippen molar-refractivity contribution in [1.82, 2.24) is 4.98 Å². The van der Waals surface area contributed by atoms with Gasteiger partial charge in [0.25, 0.3) is 0 Å². The third-order valence-electron chi connectivity index (χ3n) is 11.6. The molecule has 8 rings (SSSR count). The molecule has 0 saturated heterocycles. The number of allylic oxidation sites excluding steroid dienone is 2. The average molecular weight is 787 g/mol. The van der Waals surface area contributed by atoms with E-state index >= 15 is 0 Å². The number of nitrogens with one attached hydrogen (secondary N) is 1. The molecule has 0 fully saturated rings. The lowest BCUT2D eigenvalue weighted by Crippen LogP contribution is -2.35. The number of H-pyrrole nitrogens is 1. The van der Waals surface area contributed by atoms with E-state index in [4.69, 9.17) is 4.42 Å². The lowest BCUT2D eigenvalue weighted by atomic mass is 9.72. The van der Waals surface area contributed by atoms with Crippen LogP contribution in [0.15, 0.2) is 193 Å². The molecule has 302 valence electrons. The highest BCUT2D eigenvalue weighted by atomic mass is 16.3. The van der Waals surface area contributed by atoms with Crippen LogP contribution < -0.4 is 15.7 Å². The van der Waals surface area contributed by atoms with Crippen LogP contribution in [0.4, 0.5) is 11.4 Å². The zero-order valence-corrected chi connectivity index (χ0v) is 36.0. The molecule has 3 heteroatoms. The van der Waals surface area contributed by atoms with E-state index in [9.17, 15) is 0 Å². The second-order valence-electron chi connectivity index (χ2n) is 16.6. The molecule has 1 aliphatic rings. The molecule has 0 aliphatic heterocycles. The van der Waals surface area contributed by atoms with E-state index in [1.165, 1.54) is 49.7 Å². The maximum Gasteiger partial charge on any atom is 0.145 e. The van der Waals surface area contributed by atoms with Gasteiger partial charge in [-0.3, -0.25) is 0 Å². The van der Waals surface area contributed by atoms with Gasteiger partial charge in [0, 0.05) is 23.8 Å². The van der Waals surface area contributed by atoms with Crippen molar-refractivity contribution >= 4 is 34.3 Å². The van der Waals surface area contributed by atoms with Gasteiger partial charge in [-0.05, 0) is 122 Å². The summed E-state index contributed by atoms with van der Waals surface area (Å²) in [7, 11) is 0. The molecule has 6 aromatic carbocycles. The minimum atomic E-state index is -0.219. The number of benzene rings is 6. The largest absolute Gasteiger partial charge is 0.463 e. The SMILES string of the molecule is C=CCC(C)(/C=C\N(c1ccc(-c2ccc(-c3ccccc3)cc2C(C)(C)C)cc1)c1ccc(-c2cccc3ccccc23)cc1)C1C=c2[nH]ccccoc2=CC1.CC. The first-order chi connectivity index (χ1) is 29.2. The summed E-state index contributed by atoms with van der Waals surface area (Å²) in [6.45, 7) is 17.4. The number of hydrogen-bond acceptors (Lipinski definition) is 2. The second kappa shape index (κ2) is 18.6. The van der Waals surface area contributed by atoms with Gasteiger partial charge < -0.3 is 14.3 Å². The fraction of sp³-hybridized carbons (Fsp3) is 0.193. The van der Waals surface area contributed by atoms with E-state index in [2.05, 4.69) is 208 Å². The number of rotatable bonds is 10. The predicted molar refractivity (Wildman–Crippen MR) is 258 cm³/mol. The molecule has 0 radical (unpaired) electrons. The van der Waals surface area contributed by atoms with Crippen LogP contribution in [-0.4, -0.2) is 4.98 Å². The van der Waals surface area contributed by atoms with Gasteiger partial charge in [-0.2, -0.15) is 0 Å². The molecule has 7 aromatic rings. The third-order valence-corrected chi connectivity index (χ3v) is 11.6. The summed E-state index contributed by atoms with van der Waals surface area (Å²) in [6, 6.07) is 54.6. The van der Waals surface area contributed by atoms with Gasteiger partial charge in [0.15, 0.2) is 0 Å². The monoisotopic (exact) mass is 786 g/mol. The topological polar surface area (TPSA) is 32.2 Å². The van der Waals surface area contributed by atoms with Gasteiger partial charge in [0.2, 0.25) is 0 Å². The smallest absolute Gasteiger partial charge is 0.145 e. The predicted octanol–water partition coefficient (Wildman–Crippen LogP) is 14.7. The van der Waals surface area contributed by atoms with Gasteiger partial charge in [-0.1, -0.05) is 175 Å². The molecule has 1 aliphatic carbocycles. The van der Waals surface area contributed by atoms with Crippen LogP contribution in [0.1, 0.15) is 59.9 Å². The molecule has 0 bridgehead atoms. The third kappa shape index (κ3) is 9.17. The quantitative estimate of drug-likeness (QED) is 0.140. The van der Waals surface area contributed by atoms with E-state index in [0.29, 0.717) is 0 Å². The molecule has 3 nitrogen and oxygen atoms in total. The van der Waals surface area contributed by atoms with Crippen molar-refractivity contribution in [1.29, 1.82) is 0 Å². The van der Waals surface area contributed by atoms with E-state index < -0.39 is 0 Å². The van der Waals surface area contributed by atoms with Crippen LogP contribution in [0.5, 0.6) is 0 Å². The van der Waals surface area contributed by atoms with Crippen molar-refractivity contribution in [2.24, 2.45) is 11.3 Å². The number of anilines is 2. The Kier molecular flexibility index (Phi) is 12.9. The van der Waals surface area contributed by atoms with Crippen LogP contribution in [0.2, 0.25) is 0 Å². The standard InChI is InChI=1S/C55H52N2O.C2H6/c1-6-33-55(5,45-26-32-53-52(39-45)56-35-12-13-37-58-53)34-36-57(46-27-21-42(22-28-46)49-20-14-18-41-17-10-11-19-48(41)49)47-29-23-43(24-30-47)50-31-25-44(38-51(50)54(2,3)4)40-15-8-7-9-16-40;1-2/h6-25,27-32,34-39,45,56H,1,26,33H2,2-5H3;1-2H3/b35-12?,36-34-,37-13?;. The van der Waals surface area contributed by atoms with Gasteiger partial charge >= 0.3 is 0 Å². The maximum atomic E-state index is 5.93. The van der Waals surface area contributed by atoms with E-state index in [-0.39, 0.29) is 16.7 Å². The summed E-state index contributed by atoms with van der Waals surface area (Å²) < 4.78 is 5.93. The van der Waals surface area contributed by atoms with Crippen LogP contribution in [-0.2, 0) is 5.41 Å². The zero-order chi connectivity index (χ0) is 42.1. The lowest BCUT2D eigenvalue weighted by Gasteiger charge is -2.34. The molecular formula is C57H58N2O. The van der Waals surface area contributed by atoms with Gasteiger partial charge in [-0.25, -0.2) is 0 Å². The molecule has 1 N–H and O–H groups in total. The number of hydrogen-bond donors (Lipinski definition) is 1. The summed E-state index contributed by atoms with van der Waals surface area (Å²) >= 11 is 0. The minimum Gasteiger partial charge on any atom is -0.463 e. The van der Waals surface area contributed by atoms with Crippen molar-refractivity contribution < 1.29 is 4.42 Å². The van der Waals surface area contributed by atoms with Gasteiger partial charge in [0.1, 0.15) is 5.42 Å². The molecule has 0 spiro atoms. The van der Waals surface area contributed by atoms with Gasteiger partial charge in [-0.15, -0.1) is 6.58 Å². The summed E-state index contributed by atoms with van der Waals surface area (Å²) in [5, 5.41) is 3.49. The van der Waals surface area contributed by atoms with Crippen molar-refractivity contribution in [2.45, 2.75) is 59.8 Å². The summed E-state index contributed by atoms with van der Waals surface area (Å²) in [5.41, 5.74) is 11.5. The first kappa shape index (κ1) is 41.6. The molecule has 2 unspecified atom stereocenters. The van der Waals surface area contributed by atoms with Crippen molar-refractivity contribution in [3.63, 3.8) is 0 Å². The Morgan fingerprint density at radius 1 is 0.683 bits per heavy atom. The highest BCUT2D eigenvalue weighted by Gasteiger charge is 2.30. The number of fused-ring (bicyclic) bond motifs is 2. The Morgan fingerprint density at radius 2 is 1.33 bits per heavy atom. The Bertz CT molecular complexity index is 2740. The lowest BCUT2D eigenvalue weighted by molar-refractivity contribution is 0.329. The maximum absolute atomic E-state index is 5.93. The zero-order valence-electron chi connectivity index (χ0n) is 36.0.